The number of aromatic nitrogens is 1. The van der Waals surface area contributed by atoms with Crippen LogP contribution in [0.4, 0.5) is 0 Å². The van der Waals surface area contributed by atoms with E-state index in [0.29, 0.717) is 6.54 Å². The fourth-order valence-electron chi connectivity index (χ4n) is 2.16. The Morgan fingerprint density at radius 1 is 1.14 bits per heavy atom. The lowest BCUT2D eigenvalue weighted by Gasteiger charge is -2.15. The van der Waals surface area contributed by atoms with Crippen LogP contribution in [0.1, 0.15) is 13.3 Å². The van der Waals surface area contributed by atoms with Gasteiger partial charge in [-0.15, -0.1) is 11.3 Å². The van der Waals surface area contributed by atoms with Gasteiger partial charge in [-0.1, -0.05) is 19.1 Å². The molecule has 0 aliphatic rings. The second-order valence-corrected chi connectivity index (χ2v) is 5.93. The predicted molar refractivity (Wildman–Crippen MR) is 88.8 cm³/mol. The second-order valence-electron chi connectivity index (χ2n) is 4.89. The summed E-state index contributed by atoms with van der Waals surface area (Å²) in [6, 6.07) is 16.3. The average Bonchev–Trinajstić information content (AvgIpc) is 2.97. The number of para-hydroxylation sites is 1. The number of nitrogens with two attached hydrogens (primary N) is 1. The SMILES string of the molecule is CCC(CN)Oc1ccc(-c2nc3ccccc3s2)cc1. The molecule has 21 heavy (non-hydrogen) atoms. The largest absolute Gasteiger partial charge is 0.489 e. The highest BCUT2D eigenvalue weighted by Gasteiger charge is 2.08. The highest BCUT2D eigenvalue weighted by atomic mass is 32.1. The van der Waals surface area contributed by atoms with Gasteiger partial charge in [-0.05, 0) is 42.8 Å². The maximum Gasteiger partial charge on any atom is 0.124 e. The van der Waals surface area contributed by atoms with Crippen LogP contribution in [0.5, 0.6) is 5.75 Å². The van der Waals surface area contributed by atoms with Crippen molar-refractivity contribution < 1.29 is 4.74 Å². The van der Waals surface area contributed by atoms with E-state index in [1.165, 1.54) is 4.70 Å². The molecule has 2 N–H and O–H groups in total. The van der Waals surface area contributed by atoms with Gasteiger partial charge >= 0.3 is 0 Å². The molecule has 0 amide bonds. The number of ether oxygens (including phenoxy) is 1. The van der Waals surface area contributed by atoms with Crippen LogP contribution >= 0.6 is 11.3 Å². The van der Waals surface area contributed by atoms with E-state index in [9.17, 15) is 0 Å². The van der Waals surface area contributed by atoms with Crippen LogP contribution in [0.3, 0.4) is 0 Å². The van der Waals surface area contributed by atoms with Gasteiger partial charge in [0.25, 0.3) is 0 Å². The lowest BCUT2D eigenvalue weighted by Crippen LogP contribution is -2.25. The van der Waals surface area contributed by atoms with E-state index >= 15 is 0 Å². The molecule has 0 saturated heterocycles. The van der Waals surface area contributed by atoms with Crippen molar-refractivity contribution in [3.05, 3.63) is 48.5 Å². The molecule has 0 saturated carbocycles. The highest BCUT2D eigenvalue weighted by Crippen LogP contribution is 2.31. The molecule has 0 radical (unpaired) electrons. The molecular weight excluding hydrogens is 280 g/mol. The first-order valence-corrected chi connectivity index (χ1v) is 7.94. The topological polar surface area (TPSA) is 48.1 Å². The van der Waals surface area contributed by atoms with E-state index in [-0.39, 0.29) is 6.10 Å². The van der Waals surface area contributed by atoms with E-state index in [1.807, 2.05) is 30.3 Å². The average molecular weight is 298 g/mol. The number of nitrogens with zero attached hydrogens (tertiary/aromatic N) is 1. The number of benzene rings is 2. The Labute approximate surface area is 128 Å². The van der Waals surface area contributed by atoms with Crippen molar-refractivity contribution in [2.24, 2.45) is 5.73 Å². The standard InChI is InChI=1S/C17H18N2OS/c1-2-13(11-18)20-14-9-7-12(8-10-14)17-19-15-5-3-4-6-16(15)21-17/h3-10,13H,2,11,18H2,1H3. The molecule has 0 bridgehead atoms. The maximum absolute atomic E-state index is 5.82. The molecule has 0 spiro atoms. The first-order valence-electron chi connectivity index (χ1n) is 7.13. The van der Waals surface area contributed by atoms with Crippen LogP contribution in [0.2, 0.25) is 0 Å². The van der Waals surface area contributed by atoms with E-state index in [1.54, 1.807) is 11.3 Å². The highest BCUT2D eigenvalue weighted by molar-refractivity contribution is 7.21. The summed E-state index contributed by atoms with van der Waals surface area (Å²) in [7, 11) is 0. The molecule has 0 fully saturated rings. The summed E-state index contributed by atoms with van der Waals surface area (Å²) >= 11 is 1.71. The number of hydrogen-bond donors (Lipinski definition) is 1. The Bertz CT molecular complexity index is 684. The smallest absolute Gasteiger partial charge is 0.124 e. The number of fused-ring (bicyclic) bond motifs is 1. The van der Waals surface area contributed by atoms with Gasteiger partial charge in [0, 0.05) is 12.1 Å². The summed E-state index contributed by atoms with van der Waals surface area (Å²) in [5.74, 6) is 0.858. The molecule has 1 unspecified atom stereocenters. The van der Waals surface area contributed by atoms with Gasteiger partial charge in [-0.2, -0.15) is 0 Å². The lowest BCUT2D eigenvalue weighted by atomic mass is 10.2. The van der Waals surface area contributed by atoms with E-state index < -0.39 is 0 Å². The van der Waals surface area contributed by atoms with Gasteiger partial charge in [-0.25, -0.2) is 4.98 Å². The van der Waals surface area contributed by atoms with Crippen LogP contribution in [0.15, 0.2) is 48.5 Å². The molecule has 1 aromatic heterocycles. The third-order valence-corrected chi connectivity index (χ3v) is 4.50. The summed E-state index contributed by atoms with van der Waals surface area (Å²) in [6.45, 7) is 2.61. The first kappa shape index (κ1) is 14.0. The second kappa shape index (κ2) is 6.24. The summed E-state index contributed by atoms with van der Waals surface area (Å²) < 4.78 is 7.03. The van der Waals surface area contributed by atoms with Crippen LogP contribution in [0, 0.1) is 0 Å². The van der Waals surface area contributed by atoms with Crippen molar-refractivity contribution in [2.75, 3.05) is 6.54 Å². The number of thiazole rings is 1. The Morgan fingerprint density at radius 2 is 1.90 bits per heavy atom. The molecule has 3 rings (SSSR count). The summed E-state index contributed by atoms with van der Waals surface area (Å²) in [4.78, 5) is 4.66. The zero-order valence-electron chi connectivity index (χ0n) is 12.0. The van der Waals surface area contributed by atoms with Crippen molar-refractivity contribution in [1.82, 2.24) is 4.98 Å². The minimum Gasteiger partial charge on any atom is -0.489 e. The number of hydrogen-bond acceptors (Lipinski definition) is 4. The molecule has 2 aromatic carbocycles. The maximum atomic E-state index is 5.82. The monoisotopic (exact) mass is 298 g/mol. The summed E-state index contributed by atoms with van der Waals surface area (Å²) in [5.41, 5.74) is 7.83. The molecular formula is C17H18N2OS. The fourth-order valence-corrected chi connectivity index (χ4v) is 3.13. The minimum absolute atomic E-state index is 0.0818. The van der Waals surface area contributed by atoms with Crippen LogP contribution in [-0.4, -0.2) is 17.6 Å². The normalized spacial score (nSPS) is 12.5. The van der Waals surface area contributed by atoms with E-state index in [0.717, 1.165) is 28.3 Å². The fraction of sp³-hybridized carbons (Fsp3) is 0.235. The molecule has 1 heterocycles. The molecule has 0 aliphatic heterocycles. The van der Waals surface area contributed by atoms with Crippen LogP contribution < -0.4 is 10.5 Å². The van der Waals surface area contributed by atoms with Gasteiger partial charge in [0.1, 0.15) is 16.9 Å². The molecule has 3 nitrogen and oxygen atoms in total. The number of rotatable bonds is 5. The zero-order chi connectivity index (χ0) is 14.7. The Kier molecular flexibility index (Phi) is 4.18. The Hall–Kier alpha value is -1.91. The Balaban J connectivity index is 1.83. The molecule has 0 aliphatic carbocycles. The molecule has 1 atom stereocenters. The molecule has 108 valence electrons. The zero-order valence-corrected chi connectivity index (χ0v) is 12.8. The third-order valence-electron chi connectivity index (χ3n) is 3.42. The summed E-state index contributed by atoms with van der Waals surface area (Å²) in [5, 5.41) is 1.04. The van der Waals surface area contributed by atoms with Crippen LogP contribution in [0.25, 0.3) is 20.8 Å². The van der Waals surface area contributed by atoms with Crippen molar-refractivity contribution >= 4 is 21.6 Å². The van der Waals surface area contributed by atoms with E-state index in [4.69, 9.17) is 10.5 Å². The first-order chi connectivity index (χ1) is 10.3. The Morgan fingerprint density at radius 3 is 2.57 bits per heavy atom. The van der Waals surface area contributed by atoms with Gasteiger partial charge in [0.2, 0.25) is 0 Å². The summed E-state index contributed by atoms with van der Waals surface area (Å²) in [6.07, 6.45) is 0.995. The van der Waals surface area contributed by atoms with Gasteiger partial charge in [0.15, 0.2) is 0 Å². The quantitative estimate of drug-likeness (QED) is 0.772. The van der Waals surface area contributed by atoms with Gasteiger partial charge in [0.05, 0.1) is 10.2 Å². The predicted octanol–water partition coefficient (Wildman–Crippen LogP) is 4.08. The van der Waals surface area contributed by atoms with E-state index in [2.05, 4.69) is 30.1 Å². The lowest BCUT2D eigenvalue weighted by molar-refractivity contribution is 0.205. The molecule has 4 heteroatoms. The molecule has 3 aromatic rings. The van der Waals surface area contributed by atoms with Crippen molar-refractivity contribution in [1.29, 1.82) is 0 Å². The van der Waals surface area contributed by atoms with Crippen molar-refractivity contribution in [3.8, 4) is 16.3 Å². The van der Waals surface area contributed by atoms with Crippen molar-refractivity contribution in [2.45, 2.75) is 19.4 Å². The minimum atomic E-state index is 0.0818. The van der Waals surface area contributed by atoms with Gasteiger partial charge < -0.3 is 10.5 Å². The van der Waals surface area contributed by atoms with Crippen LogP contribution in [-0.2, 0) is 0 Å². The van der Waals surface area contributed by atoms with Crippen molar-refractivity contribution in [3.63, 3.8) is 0 Å². The third kappa shape index (κ3) is 3.06. The van der Waals surface area contributed by atoms with Gasteiger partial charge in [-0.3, -0.25) is 0 Å².